The van der Waals surface area contributed by atoms with Gasteiger partial charge in [-0.05, 0) is 68.4 Å². The summed E-state index contributed by atoms with van der Waals surface area (Å²) in [6, 6.07) is 20.5. The molecule has 4 aromatic rings. The fourth-order valence-electron chi connectivity index (χ4n) is 2.86. The number of nitrogens with one attached hydrogen (secondary N) is 1. The largest absolute Gasteiger partial charge is 0.494 e. The number of rotatable bonds is 5. The van der Waals surface area contributed by atoms with Crippen molar-refractivity contribution < 1.29 is 9.53 Å². The fraction of sp³-hybridized carbons (Fsp3) is 0.136. The summed E-state index contributed by atoms with van der Waals surface area (Å²) in [7, 11) is 0. The van der Waals surface area contributed by atoms with Crippen LogP contribution in [0.3, 0.4) is 0 Å². The summed E-state index contributed by atoms with van der Waals surface area (Å²) in [4.78, 5) is 14.0. The molecule has 0 unspecified atom stereocenters. The number of fused-ring (bicyclic) bond motifs is 1. The predicted octanol–water partition coefficient (Wildman–Crippen LogP) is 4.38. The van der Waals surface area contributed by atoms with E-state index >= 15 is 0 Å². The molecule has 0 radical (unpaired) electrons. The normalized spacial score (nSPS) is 10.8. The van der Waals surface area contributed by atoms with E-state index in [1.165, 1.54) is 0 Å². The molecule has 6 heteroatoms. The molecule has 0 aliphatic rings. The summed E-state index contributed by atoms with van der Waals surface area (Å²) in [5, 5.41) is 11.9. The first-order valence-electron chi connectivity index (χ1n) is 9.11. The van der Waals surface area contributed by atoms with Crippen molar-refractivity contribution in [1.82, 2.24) is 15.0 Å². The van der Waals surface area contributed by atoms with Gasteiger partial charge in [0.2, 0.25) is 0 Å². The Morgan fingerprint density at radius 3 is 2.39 bits per heavy atom. The summed E-state index contributed by atoms with van der Waals surface area (Å²) in [6.45, 7) is 4.56. The van der Waals surface area contributed by atoms with Crippen molar-refractivity contribution >= 4 is 22.6 Å². The maximum Gasteiger partial charge on any atom is 0.255 e. The molecular weight excluding hydrogens is 352 g/mol. The number of aromatic nitrogens is 3. The van der Waals surface area contributed by atoms with Crippen molar-refractivity contribution in [2.45, 2.75) is 13.8 Å². The van der Waals surface area contributed by atoms with Crippen molar-refractivity contribution in [3.05, 3.63) is 77.9 Å². The fourth-order valence-corrected chi connectivity index (χ4v) is 2.86. The molecule has 6 nitrogen and oxygen atoms in total. The lowest BCUT2D eigenvalue weighted by Crippen LogP contribution is -2.11. The number of benzene rings is 3. The smallest absolute Gasteiger partial charge is 0.255 e. The third-order valence-corrected chi connectivity index (χ3v) is 4.33. The van der Waals surface area contributed by atoms with Gasteiger partial charge in [0.1, 0.15) is 16.8 Å². The molecule has 3 aromatic carbocycles. The number of aryl methyl sites for hydroxylation is 1. The summed E-state index contributed by atoms with van der Waals surface area (Å²) >= 11 is 0. The van der Waals surface area contributed by atoms with E-state index in [0.29, 0.717) is 23.4 Å². The van der Waals surface area contributed by atoms with Gasteiger partial charge in [0.15, 0.2) is 0 Å². The molecule has 0 saturated heterocycles. The number of anilines is 1. The Balaban J connectivity index is 1.56. The zero-order valence-electron chi connectivity index (χ0n) is 15.7. The Hall–Kier alpha value is -3.67. The number of carbonyl (C=O) groups is 1. The molecule has 0 spiro atoms. The highest BCUT2D eigenvalue weighted by atomic mass is 16.5. The second-order valence-corrected chi connectivity index (χ2v) is 6.44. The van der Waals surface area contributed by atoms with E-state index in [1.807, 2.05) is 80.6 Å². The topological polar surface area (TPSA) is 69.0 Å². The lowest BCUT2D eigenvalue weighted by Gasteiger charge is -2.05. The third kappa shape index (κ3) is 3.71. The zero-order chi connectivity index (χ0) is 19.5. The number of hydrogen-bond donors (Lipinski definition) is 1. The number of hydrogen-bond acceptors (Lipinski definition) is 4. The molecule has 0 aliphatic carbocycles. The van der Waals surface area contributed by atoms with Gasteiger partial charge in [-0.2, -0.15) is 4.80 Å². The lowest BCUT2D eigenvalue weighted by molar-refractivity contribution is 0.102. The van der Waals surface area contributed by atoms with Crippen LogP contribution in [0.2, 0.25) is 0 Å². The molecule has 0 saturated carbocycles. The maximum atomic E-state index is 12.4. The van der Waals surface area contributed by atoms with E-state index in [1.54, 1.807) is 4.80 Å². The van der Waals surface area contributed by atoms with Gasteiger partial charge in [-0.25, -0.2) is 0 Å². The third-order valence-electron chi connectivity index (χ3n) is 4.33. The number of amides is 1. The van der Waals surface area contributed by atoms with E-state index in [2.05, 4.69) is 15.5 Å². The minimum Gasteiger partial charge on any atom is -0.494 e. The molecule has 0 fully saturated rings. The van der Waals surface area contributed by atoms with Crippen LogP contribution in [0.15, 0.2) is 66.7 Å². The Kier molecular flexibility index (Phi) is 4.76. The van der Waals surface area contributed by atoms with Crippen LogP contribution in [-0.4, -0.2) is 27.5 Å². The minimum absolute atomic E-state index is 0.154. The molecular formula is C22H20N4O2. The van der Waals surface area contributed by atoms with E-state index in [4.69, 9.17) is 4.74 Å². The standard InChI is InChI=1S/C22H20N4O2/c1-3-28-19-11-9-18(10-12-19)26-24-20-13-8-17(14-21(20)25-26)23-22(27)16-6-4-15(2)5-7-16/h4-14H,3H2,1-2H3,(H,23,27). The van der Waals surface area contributed by atoms with E-state index in [0.717, 1.165) is 22.5 Å². The molecule has 1 heterocycles. The second kappa shape index (κ2) is 7.52. The van der Waals surface area contributed by atoms with E-state index in [-0.39, 0.29) is 5.91 Å². The SMILES string of the molecule is CCOc1ccc(-n2nc3ccc(NC(=O)c4ccc(C)cc4)cc3n2)cc1. The van der Waals surface area contributed by atoms with Crippen molar-refractivity contribution in [3.63, 3.8) is 0 Å². The van der Waals surface area contributed by atoms with Crippen LogP contribution >= 0.6 is 0 Å². The highest BCUT2D eigenvalue weighted by Gasteiger charge is 2.09. The number of ether oxygens (including phenoxy) is 1. The van der Waals surface area contributed by atoms with Gasteiger partial charge < -0.3 is 10.1 Å². The van der Waals surface area contributed by atoms with Crippen LogP contribution in [0.4, 0.5) is 5.69 Å². The molecule has 1 N–H and O–H groups in total. The molecule has 1 amide bonds. The van der Waals surface area contributed by atoms with Crippen molar-refractivity contribution in [3.8, 4) is 11.4 Å². The molecule has 0 atom stereocenters. The van der Waals surface area contributed by atoms with Crippen LogP contribution < -0.4 is 10.1 Å². The average molecular weight is 372 g/mol. The molecule has 0 aliphatic heterocycles. The van der Waals surface area contributed by atoms with E-state index in [9.17, 15) is 4.79 Å². The Bertz CT molecular complexity index is 1120. The Morgan fingerprint density at radius 2 is 1.68 bits per heavy atom. The molecule has 4 rings (SSSR count). The number of nitrogens with zero attached hydrogens (tertiary/aromatic N) is 3. The minimum atomic E-state index is -0.154. The van der Waals surface area contributed by atoms with Crippen molar-refractivity contribution in [2.75, 3.05) is 11.9 Å². The van der Waals surface area contributed by atoms with Crippen LogP contribution in [0.5, 0.6) is 5.75 Å². The quantitative estimate of drug-likeness (QED) is 0.564. The van der Waals surface area contributed by atoms with Gasteiger partial charge in [0.05, 0.1) is 12.3 Å². The second-order valence-electron chi connectivity index (χ2n) is 6.44. The molecule has 28 heavy (non-hydrogen) atoms. The molecule has 0 bridgehead atoms. The van der Waals surface area contributed by atoms with Gasteiger partial charge in [-0.15, -0.1) is 10.2 Å². The summed E-state index contributed by atoms with van der Waals surface area (Å²) in [6.07, 6.45) is 0. The predicted molar refractivity (Wildman–Crippen MR) is 109 cm³/mol. The highest BCUT2D eigenvalue weighted by molar-refractivity contribution is 6.04. The first-order chi connectivity index (χ1) is 13.6. The molecule has 1 aromatic heterocycles. The van der Waals surface area contributed by atoms with E-state index < -0.39 is 0 Å². The first-order valence-corrected chi connectivity index (χ1v) is 9.11. The van der Waals surface area contributed by atoms with Gasteiger partial charge in [0.25, 0.3) is 5.91 Å². The maximum absolute atomic E-state index is 12.4. The monoisotopic (exact) mass is 372 g/mol. The Labute approximate surface area is 162 Å². The van der Waals surface area contributed by atoms with Gasteiger partial charge in [-0.1, -0.05) is 17.7 Å². The van der Waals surface area contributed by atoms with Crippen molar-refractivity contribution in [2.24, 2.45) is 0 Å². The van der Waals surface area contributed by atoms with Crippen LogP contribution in [0, 0.1) is 6.92 Å². The van der Waals surface area contributed by atoms with Gasteiger partial charge in [-0.3, -0.25) is 4.79 Å². The number of carbonyl (C=O) groups excluding carboxylic acids is 1. The summed E-state index contributed by atoms with van der Waals surface area (Å²) < 4.78 is 5.46. The summed E-state index contributed by atoms with van der Waals surface area (Å²) in [5.41, 5.74) is 4.70. The van der Waals surface area contributed by atoms with Crippen LogP contribution in [0.25, 0.3) is 16.7 Å². The zero-order valence-corrected chi connectivity index (χ0v) is 15.7. The van der Waals surface area contributed by atoms with Crippen molar-refractivity contribution in [1.29, 1.82) is 0 Å². The highest BCUT2D eigenvalue weighted by Crippen LogP contribution is 2.20. The lowest BCUT2D eigenvalue weighted by atomic mass is 10.1. The summed E-state index contributed by atoms with van der Waals surface area (Å²) in [5.74, 6) is 0.655. The van der Waals surface area contributed by atoms with Gasteiger partial charge in [0, 0.05) is 11.3 Å². The Morgan fingerprint density at radius 1 is 0.964 bits per heavy atom. The van der Waals surface area contributed by atoms with Gasteiger partial charge >= 0.3 is 0 Å². The first kappa shape index (κ1) is 17.7. The molecule has 140 valence electrons. The van der Waals surface area contributed by atoms with Crippen LogP contribution in [-0.2, 0) is 0 Å². The average Bonchev–Trinajstić information content (AvgIpc) is 3.12. The van der Waals surface area contributed by atoms with Crippen LogP contribution in [0.1, 0.15) is 22.8 Å².